The molecule has 0 aliphatic heterocycles. The Hall–Kier alpha value is -4.06. The summed E-state index contributed by atoms with van der Waals surface area (Å²) in [4.78, 5) is 25.0. The first-order chi connectivity index (χ1) is 16.4. The minimum atomic E-state index is -0.977. The van der Waals surface area contributed by atoms with Crippen LogP contribution in [0, 0.1) is 0 Å². The van der Waals surface area contributed by atoms with Gasteiger partial charge in [0.15, 0.2) is 0 Å². The molecule has 4 rings (SSSR count). The van der Waals surface area contributed by atoms with Gasteiger partial charge in [0.2, 0.25) is 0 Å². The van der Waals surface area contributed by atoms with Crippen molar-refractivity contribution < 1.29 is 19.7 Å². The number of nitrogens with zero attached hydrogens (tertiary/aromatic N) is 1. The third-order valence-corrected chi connectivity index (χ3v) is 6.08. The van der Waals surface area contributed by atoms with Crippen molar-refractivity contribution in [1.82, 2.24) is 4.57 Å². The van der Waals surface area contributed by atoms with Gasteiger partial charge in [0, 0.05) is 11.5 Å². The molecule has 6 nitrogen and oxygen atoms in total. The molecule has 0 unspecified atom stereocenters. The van der Waals surface area contributed by atoms with Crippen molar-refractivity contribution in [2.24, 2.45) is 0 Å². The number of benzene rings is 3. The van der Waals surface area contributed by atoms with Gasteiger partial charge in [0.1, 0.15) is 11.5 Å². The fourth-order valence-electron chi connectivity index (χ4n) is 4.23. The predicted molar refractivity (Wildman–Crippen MR) is 133 cm³/mol. The highest BCUT2D eigenvalue weighted by molar-refractivity contribution is 5.96. The highest BCUT2D eigenvalue weighted by atomic mass is 16.5. The van der Waals surface area contributed by atoms with Gasteiger partial charge in [0.25, 0.3) is 5.56 Å². The minimum absolute atomic E-state index is 0.0352. The average molecular weight is 458 g/mol. The van der Waals surface area contributed by atoms with Crippen LogP contribution in [0.3, 0.4) is 0 Å². The standard InChI is InChI=1S/C28H27NO5/c1-3-4-7-24-26(30)23-15-14-20(34-2)16-25(23)29(27(24)31)17-18-10-12-19(13-11-18)21-8-5-6-9-22(21)28(32)33/h5-6,8-16,30H,3-4,7,17H2,1-2H3,(H,32,33). The Kier molecular flexibility index (Phi) is 6.68. The molecule has 6 heteroatoms. The van der Waals surface area contributed by atoms with E-state index in [9.17, 15) is 19.8 Å². The Morgan fingerprint density at radius 2 is 1.76 bits per heavy atom. The maximum absolute atomic E-state index is 13.4. The van der Waals surface area contributed by atoms with Crippen LogP contribution >= 0.6 is 0 Å². The van der Waals surface area contributed by atoms with Crippen LogP contribution in [-0.2, 0) is 13.0 Å². The van der Waals surface area contributed by atoms with Crippen LogP contribution in [0.15, 0.2) is 71.5 Å². The van der Waals surface area contributed by atoms with Crippen LogP contribution in [0.4, 0.5) is 0 Å². The summed E-state index contributed by atoms with van der Waals surface area (Å²) in [6, 6.07) is 19.7. The Bertz CT molecular complexity index is 1400. The molecule has 4 aromatic rings. The van der Waals surface area contributed by atoms with Gasteiger partial charge < -0.3 is 19.5 Å². The third-order valence-electron chi connectivity index (χ3n) is 6.08. The second-order valence-corrected chi connectivity index (χ2v) is 8.25. The van der Waals surface area contributed by atoms with Gasteiger partial charge in [-0.1, -0.05) is 55.8 Å². The lowest BCUT2D eigenvalue weighted by molar-refractivity contribution is 0.0697. The number of aromatic hydroxyl groups is 1. The molecule has 0 bridgehead atoms. The van der Waals surface area contributed by atoms with Gasteiger partial charge in [0.05, 0.1) is 30.3 Å². The summed E-state index contributed by atoms with van der Waals surface area (Å²) >= 11 is 0. The summed E-state index contributed by atoms with van der Waals surface area (Å²) in [5, 5.41) is 20.9. The van der Waals surface area contributed by atoms with Crippen molar-refractivity contribution in [2.75, 3.05) is 7.11 Å². The molecule has 0 aliphatic carbocycles. The molecule has 0 fully saturated rings. The number of unbranched alkanes of at least 4 members (excludes halogenated alkanes) is 1. The number of fused-ring (bicyclic) bond motifs is 1. The number of rotatable bonds is 8. The van der Waals surface area contributed by atoms with Crippen molar-refractivity contribution in [3.05, 3.63) is 93.8 Å². The van der Waals surface area contributed by atoms with E-state index in [1.807, 2.05) is 37.3 Å². The fourth-order valence-corrected chi connectivity index (χ4v) is 4.23. The molecule has 3 aromatic carbocycles. The maximum atomic E-state index is 13.4. The van der Waals surface area contributed by atoms with E-state index in [1.54, 1.807) is 48.1 Å². The van der Waals surface area contributed by atoms with Crippen LogP contribution in [0.25, 0.3) is 22.0 Å². The molecule has 0 aliphatic rings. The van der Waals surface area contributed by atoms with Crippen LogP contribution in [0.2, 0.25) is 0 Å². The van der Waals surface area contributed by atoms with E-state index in [0.29, 0.717) is 40.7 Å². The van der Waals surface area contributed by atoms with Gasteiger partial charge in [-0.25, -0.2) is 4.79 Å². The van der Waals surface area contributed by atoms with Crippen LogP contribution < -0.4 is 10.3 Å². The normalized spacial score (nSPS) is 11.0. The molecule has 1 heterocycles. The Morgan fingerprint density at radius 3 is 2.44 bits per heavy atom. The number of methoxy groups -OCH3 is 1. The number of carboxylic acids is 1. The largest absolute Gasteiger partial charge is 0.507 e. The highest BCUT2D eigenvalue weighted by Gasteiger charge is 2.17. The predicted octanol–water partition coefficient (Wildman–Crippen LogP) is 5.47. The van der Waals surface area contributed by atoms with E-state index in [2.05, 4.69) is 0 Å². The zero-order valence-corrected chi connectivity index (χ0v) is 19.2. The fraction of sp³-hybridized carbons (Fsp3) is 0.214. The smallest absolute Gasteiger partial charge is 0.336 e. The number of ether oxygens (including phenoxy) is 1. The molecule has 2 N–H and O–H groups in total. The Balaban J connectivity index is 1.78. The van der Waals surface area contributed by atoms with E-state index in [4.69, 9.17) is 4.74 Å². The van der Waals surface area contributed by atoms with Gasteiger partial charge in [-0.2, -0.15) is 0 Å². The molecule has 0 spiro atoms. The summed E-state index contributed by atoms with van der Waals surface area (Å²) in [7, 11) is 1.56. The van der Waals surface area contributed by atoms with Crippen molar-refractivity contribution in [3.8, 4) is 22.6 Å². The topological polar surface area (TPSA) is 88.8 Å². The van der Waals surface area contributed by atoms with Crippen molar-refractivity contribution in [1.29, 1.82) is 0 Å². The highest BCUT2D eigenvalue weighted by Crippen LogP contribution is 2.31. The molecule has 0 saturated carbocycles. The summed E-state index contributed by atoms with van der Waals surface area (Å²) in [5.74, 6) is -0.342. The van der Waals surface area contributed by atoms with Crippen molar-refractivity contribution in [2.45, 2.75) is 32.7 Å². The molecular formula is C28H27NO5. The second kappa shape index (κ2) is 9.83. The molecule has 174 valence electrons. The number of hydrogen-bond acceptors (Lipinski definition) is 4. The number of pyridine rings is 1. The Morgan fingerprint density at radius 1 is 1.03 bits per heavy atom. The summed E-state index contributed by atoms with van der Waals surface area (Å²) in [6.07, 6.45) is 2.23. The van der Waals surface area contributed by atoms with E-state index in [0.717, 1.165) is 24.0 Å². The monoisotopic (exact) mass is 457 g/mol. The van der Waals surface area contributed by atoms with Gasteiger partial charge >= 0.3 is 5.97 Å². The summed E-state index contributed by atoms with van der Waals surface area (Å²) in [5.41, 5.74) is 3.36. The molecule has 0 radical (unpaired) electrons. The lowest BCUT2D eigenvalue weighted by Gasteiger charge is -2.16. The second-order valence-electron chi connectivity index (χ2n) is 8.25. The summed E-state index contributed by atoms with van der Waals surface area (Å²) in [6.45, 7) is 2.36. The van der Waals surface area contributed by atoms with Gasteiger partial charge in [-0.3, -0.25) is 4.79 Å². The van der Waals surface area contributed by atoms with E-state index < -0.39 is 5.97 Å². The van der Waals surface area contributed by atoms with E-state index in [1.165, 1.54) is 0 Å². The number of aromatic nitrogens is 1. The van der Waals surface area contributed by atoms with Crippen LogP contribution in [0.5, 0.6) is 11.5 Å². The maximum Gasteiger partial charge on any atom is 0.336 e. The lowest BCUT2D eigenvalue weighted by atomic mass is 9.98. The number of carboxylic acid groups (broad SMARTS) is 1. The van der Waals surface area contributed by atoms with Gasteiger partial charge in [-0.15, -0.1) is 0 Å². The molecule has 1 aromatic heterocycles. The number of aromatic carboxylic acids is 1. The molecule has 0 saturated heterocycles. The van der Waals surface area contributed by atoms with Gasteiger partial charge in [-0.05, 0) is 47.7 Å². The van der Waals surface area contributed by atoms with Crippen molar-refractivity contribution >= 4 is 16.9 Å². The average Bonchev–Trinajstić information content (AvgIpc) is 2.86. The van der Waals surface area contributed by atoms with Crippen molar-refractivity contribution in [3.63, 3.8) is 0 Å². The lowest BCUT2D eigenvalue weighted by Crippen LogP contribution is -2.25. The van der Waals surface area contributed by atoms with E-state index in [-0.39, 0.29) is 16.9 Å². The zero-order chi connectivity index (χ0) is 24.2. The van der Waals surface area contributed by atoms with Crippen LogP contribution in [-0.4, -0.2) is 27.9 Å². The third kappa shape index (κ3) is 4.39. The Labute approximate surface area is 197 Å². The first-order valence-electron chi connectivity index (χ1n) is 11.3. The van der Waals surface area contributed by atoms with Crippen LogP contribution in [0.1, 0.15) is 41.3 Å². The molecule has 34 heavy (non-hydrogen) atoms. The molecular weight excluding hydrogens is 430 g/mol. The summed E-state index contributed by atoms with van der Waals surface area (Å²) < 4.78 is 7.02. The van der Waals surface area contributed by atoms with E-state index >= 15 is 0 Å². The molecule has 0 amide bonds. The first-order valence-corrected chi connectivity index (χ1v) is 11.3. The first kappa shape index (κ1) is 23.1. The zero-order valence-electron chi connectivity index (χ0n) is 19.2. The number of hydrogen-bond donors (Lipinski definition) is 2. The molecule has 0 atom stereocenters. The number of carbonyl (C=O) groups is 1. The minimum Gasteiger partial charge on any atom is -0.507 e. The SMILES string of the molecule is CCCCc1c(O)c2ccc(OC)cc2n(Cc2ccc(-c3ccccc3C(=O)O)cc2)c1=O. The quantitative estimate of drug-likeness (QED) is 0.366.